The lowest BCUT2D eigenvalue weighted by Gasteiger charge is -2.37. The Morgan fingerprint density at radius 2 is 1.38 bits per heavy atom. The lowest BCUT2D eigenvalue weighted by molar-refractivity contribution is 0.446. The van der Waals surface area contributed by atoms with E-state index < -0.39 is 25.1 Å². The highest BCUT2D eigenvalue weighted by atomic mass is 32.2. The fourth-order valence-electron chi connectivity index (χ4n) is 4.65. The number of rotatable bonds is 5. The highest BCUT2D eigenvalue weighted by Gasteiger charge is 2.46. The van der Waals surface area contributed by atoms with Crippen LogP contribution in [0.2, 0.25) is 0 Å². The van der Waals surface area contributed by atoms with Crippen molar-refractivity contribution in [3.05, 3.63) is 113 Å². The zero-order valence-electron chi connectivity index (χ0n) is 18.8. The van der Waals surface area contributed by atoms with E-state index in [0.29, 0.717) is 24.1 Å². The van der Waals surface area contributed by atoms with E-state index in [1.54, 1.807) is 54.6 Å². The summed E-state index contributed by atoms with van der Waals surface area (Å²) in [5.74, 6) is 0. The summed E-state index contributed by atoms with van der Waals surface area (Å²) in [5, 5.41) is -0.811. The van der Waals surface area contributed by atoms with Crippen molar-refractivity contribution in [2.75, 3.05) is 13.1 Å². The molecule has 0 N–H and O–H groups in total. The SMILES string of the molecule is Cc1ccc(S(=O)(=O)N2CCC=C3C(=C(c4ccccc4)C3S(=O)(=O)c3ccccc3)C2)cc1. The molecule has 0 radical (unpaired) electrons. The number of hydrogen-bond donors (Lipinski definition) is 0. The number of sulfone groups is 1. The van der Waals surface area contributed by atoms with Crippen molar-refractivity contribution in [2.24, 2.45) is 0 Å². The third-order valence-corrected chi connectivity index (χ3v) is 10.3. The van der Waals surface area contributed by atoms with E-state index in [2.05, 4.69) is 0 Å². The van der Waals surface area contributed by atoms with E-state index >= 15 is 0 Å². The standard InChI is InChI=1S/C27H25NO4S2/c1-20-14-16-23(17-15-20)34(31,32)28-18-8-13-24-25(19-28)26(21-9-4-2-5-10-21)27(24)33(29,30)22-11-6-3-7-12-22/h2-7,9-17,27H,8,18-19H2,1H3. The molecule has 7 heteroatoms. The Hall–Kier alpha value is -3.00. The summed E-state index contributed by atoms with van der Waals surface area (Å²) in [4.78, 5) is 0.512. The van der Waals surface area contributed by atoms with Crippen molar-refractivity contribution in [1.82, 2.24) is 4.31 Å². The molecule has 2 aliphatic rings. The minimum absolute atomic E-state index is 0.146. The molecule has 5 rings (SSSR count). The molecule has 3 aromatic carbocycles. The van der Waals surface area contributed by atoms with Gasteiger partial charge in [0, 0.05) is 13.1 Å². The molecule has 174 valence electrons. The van der Waals surface area contributed by atoms with Crippen molar-refractivity contribution in [2.45, 2.75) is 28.4 Å². The summed E-state index contributed by atoms with van der Waals surface area (Å²) in [5.41, 5.74) is 3.96. The second kappa shape index (κ2) is 8.65. The van der Waals surface area contributed by atoms with Crippen molar-refractivity contribution < 1.29 is 16.8 Å². The van der Waals surface area contributed by atoms with Crippen LogP contribution >= 0.6 is 0 Å². The maximum atomic E-state index is 13.7. The van der Waals surface area contributed by atoms with Gasteiger partial charge in [-0.05, 0) is 59.9 Å². The lowest BCUT2D eigenvalue weighted by atomic mass is 9.78. The molecule has 5 nitrogen and oxygen atoms in total. The highest BCUT2D eigenvalue weighted by Crippen LogP contribution is 2.48. The summed E-state index contributed by atoms with van der Waals surface area (Å²) in [6, 6.07) is 24.7. The normalized spacial score (nSPS) is 19.1. The molecular weight excluding hydrogens is 466 g/mol. The van der Waals surface area contributed by atoms with Crippen LogP contribution < -0.4 is 0 Å². The third kappa shape index (κ3) is 3.83. The van der Waals surface area contributed by atoms with Gasteiger partial charge in [0.05, 0.1) is 9.79 Å². The van der Waals surface area contributed by atoms with E-state index in [4.69, 9.17) is 0 Å². The van der Waals surface area contributed by atoms with Gasteiger partial charge < -0.3 is 0 Å². The number of fused-ring (bicyclic) bond motifs is 1. The maximum absolute atomic E-state index is 13.7. The maximum Gasteiger partial charge on any atom is 0.243 e. The molecule has 1 atom stereocenters. The van der Waals surface area contributed by atoms with Gasteiger partial charge in [-0.1, -0.05) is 72.3 Å². The predicted octanol–water partition coefficient (Wildman–Crippen LogP) is 4.63. The van der Waals surface area contributed by atoms with Crippen LogP contribution in [0.25, 0.3) is 5.57 Å². The molecule has 0 spiro atoms. The zero-order valence-corrected chi connectivity index (χ0v) is 20.4. The Labute approximate surface area is 201 Å². The summed E-state index contributed by atoms with van der Waals surface area (Å²) in [6.07, 6.45) is 2.35. The molecule has 1 aliphatic carbocycles. The number of hydrogen-bond acceptors (Lipinski definition) is 4. The average molecular weight is 492 g/mol. The average Bonchev–Trinajstić information content (AvgIpc) is 3.01. The van der Waals surface area contributed by atoms with E-state index in [-0.39, 0.29) is 16.3 Å². The largest absolute Gasteiger partial charge is 0.243 e. The molecule has 0 saturated carbocycles. The Kier molecular flexibility index (Phi) is 5.80. The molecular formula is C27H25NO4S2. The number of benzene rings is 3. The van der Waals surface area contributed by atoms with Gasteiger partial charge in [0.2, 0.25) is 10.0 Å². The first-order valence-electron chi connectivity index (χ1n) is 11.1. The van der Waals surface area contributed by atoms with Crippen LogP contribution in [0.1, 0.15) is 17.5 Å². The number of aryl methyl sites for hydroxylation is 1. The van der Waals surface area contributed by atoms with E-state index in [9.17, 15) is 16.8 Å². The molecule has 0 aromatic heterocycles. The second-order valence-electron chi connectivity index (χ2n) is 8.60. The van der Waals surface area contributed by atoms with Crippen LogP contribution in [-0.4, -0.2) is 39.5 Å². The van der Waals surface area contributed by atoms with Gasteiger partial charge in [-0.2, -0.15) is 4.31 Å². The molecule has 1 unspecified atom stereocenters. The first-order chi connectivity index (χ1) is 16.3. The van der Waals surface area contributed by atoms with Crippen LogP contribution in [0.3, 0.4) is 0 Å². The van der Waals surface area contributed by atoms with Gasteiger partial charge in [0.25, 0.3) is 0 Å². The summed E-state index contributed by atoms with van der Waals surface area (Å²) >= 11 is 0. The Bertz CT molecular complexity index is 1490. The summed E-state index contributed by atoms with van der Waals surface area (Å²) in [7, 11) is -7.41. The van der Waals surface area contributed by atoms with Gasteiger partial charge >= 0.3 is 0 Å². The third-order valence-electron chi connectivity index (χ3n) is 6.42. The predicted molar refractivity (Wildman–Crippen MR) is 133 cm³/mol. The molecule has 0 bridgehead atoms. The monoisotopic (exact) mass is 491 g/mol. The van der Waals surface area contributed by atoms with Gasteiger partial charge in [-0.15, -0.1) is 0 Å². The number of sulfonamides is 1. The lowest BCUT2D eigenvalue weighted by Crippen LogP contribution is -2.40. The highest BCUT2D eigenvalue weighted by molar-refractivity contribution is 7.93. The molecule has 1 aliphatic heterocycles. The smallest absolute Gasteiger partial charge is 0.223 e. The molecule has 34 heavy (non-hydrogen) atoms. The van der Waals surface area contributed by atoms with Gasteiger partial charge in [0.1, 0.15) is 5.25 Å². The Morgan fingerprint density at radius 1 is 0.765 bits per heavy atom. The van der Waals surface area contributed by atoms with Gasteiger partial charge in [-0.3, -0.25) is 0 Å². The molecule has 0 saturated heterocycles. The molecule has 3 aromatic rings. The molecule has 0 fully saturated rings. The topological polar surface area (TPSA) is 71.5 Å². The van der Waals surface area contributed by atoms with Crippen LogP contribution in [-0.2, 0) is 19.9 Å². The summed E-state index contributed by atoms with van der Waals surface area (Å²) in [6.45, 7) is 2.35. The van der Waals surface area contributed by atoms with E-state index in [0.717, 1.165) is 16.7 Å². The van der Waals surface area contributed by atoms with Gasteiger partial charge in [0.15, 0.2) is 9.84 Å². The fourth-order valence-corrected chi connectivity index (χ4v) is 8.05. The number of nitrogens with zero attached hydrogens (tertiary/aromatic N) is 1. The van der Waals surface area contributed by atoms with Gasteiger partial charge in [-0.25, -0.2) is 16.8 Å². The summed E-state index contributed by atoms with van der Waals surface area (Å²) < 4.78 is 55.7. The first kappa shape index (κ1) is 22.8. The zero-order chi connectivity index (χ0) is 23.9. The van der Waals surface area contributed by atoms with Crippen molar-refractivity contribution in [1.29, 1.82) is 0 Å². The van der Waals surface area contributed by atoms with Crippen LogP contribution in [0.4, 0.5) is 0 Å². The quantitative estimate of drug-likeness (QED) is 0.522. The minimum Gasteiger partial charge on any atom is -0.223 e. The first-order valence-corrected chi connectivity index (χ1v) is 14.1. The molecule has 0 amide bonds. The minimum atomic E-state index is -3.72. The molecule has 1 heterocycles. The van der Waals surface area contributed by atoms with Crippen molar-refractivity contribution in [3.63, 3.8) is 0 Å². The van der Waals surface area contributed by atoms with Crippen molar-refractivity contribution in [3.8, 4) is 0 Å². The van der Waals surface area contributed by atoms with Crippen LogP contribution in [0.5, 0.6) is 0 Å². The van der Waals surface area contributed by atoms with E-state index in [1.807, 2.05) is 43.3 Å². The Balaban J connectivity index is 1.61. The second-order valence-corrected chi connectivity index (χ2v) is 12.6. The Morgan fingerprint density at radius 3 is 2.03 bits per heavy atom. The fraction of sp³-hybridized carbons (Fsp3) is 0.185. The van der Waals surface area contributed by atoms with Crippen LogP contribution in [0, 0.1) is 6.92 Å². The van der Waals surface area contributed by atoms with Crippen molar-refractivity contribution >= 4 is 25.4 Å². The van der Waals surface area contributed by atoms with Crippen LogP contribution in [0.15, 0.2) is 112 Å². The van der Waals surface area contributed by atoms with E-state index in [1.165, 1.54) is 4.31 Å².